The first-order valence-corrected chi connectivity index (χ1v) is 8.46. The molecule has 12 heteroatoms. The van der Waals surface area contributed by atoms with Gasteiger partial charge in [-0.15, -0.1) is 0 Å². The maximum atomic E-state index is 12.2. The number of carbonyl (C=O) groups is 4. The number of fused-ring (bicyclic) bond motifs is 1. The summed E-state index contributed by atoms with van der Waals surface area (Å²) < 4.78 is 25.8. The summed E-state index contributed by atoms with van der Waals surface area (Å²) in [4.78, 5) is 51.5. The number of rotatable bonds is 6. The number of hydrogen-bond acceptors (Lipinski definition) is 11. The minimum Gasteiger partial charge on any atom is -0.463 e. The summed E-state index contributed by atoms with van der Waals surface area (Å²) in [6.45, 7) is 4.53. The molecule has 1 saturated heterocycles. The van der Waals surface area contributed by atoms with Gasteiger partial charge >= 0.3 is 29.6 Å². The van der Waals surface area contributed by atoms with Crippen molar-refractivity contribution in [2.24, 2.45) is 5.92 Å². The van der Waals surface area contributed by atoms with Crippen LogP contribution >= 0.6 is 0 Å². The molecule has 0 aromatic rings. The molecule has 156 valence electrons. The summed E-state index contributed by atoms with van der Waals surface area (Å²) in [5.74, 6) is -4.36. The van der Waals surface area contributed by atoms with Crippen LogP contribution in [0.3, 0.4) is 0 Å². The van der Waals surface area contributed by atoms with Gasteiger partial charge in [-0.25, -0.2) is 4.79 Å². The lowest BCUT2D eigenvalue weighted by atomic mass is 9.87. The fourth-order valence-electron chi connectivity index (χ4n) is 2.97. The monoisotopic (exact) mass is 403 g/mol. The van der Waals surface area contributed by atoms with E-state index in [4.69, 9.17) is 28.5 Å². The zero-order valence-electron chi connectivity index (χ0n) is 15.7. The summed E-state index contributed by atoms with van der Waals surface area (Å²) in [7, 11) is 0. The molecule has 0 saturated carbocycles. The first-order valence-electron chi connectivity index (χ1n) is 8.46. The van der Waals surface area contributed by atoms with Gasteiger partial charge in [0.2, 0.25) is 0 Å². The minimum absolute atomic E-state index is 0.0187. The fraction of sp³-hybridized carbons (Fsp3) is 0.688. The van der Waals surface area contributed by atoms with Crippen molar-refractivity contribution in [3.63, 3.8) is 0 Å². The molecule has 0 unspecified atom stereocenters. The van der Waals surface area contributed by atoms with Gasteiger partial charge in [0, 0.05) is 20.8 Å². The summed E-state index contributed by atoms with van der Waals surface area (Å²) in [6, 6.07) is 0. The molecule has 2 heterocycles. The van der Waals surface area contributed by atoms with Gasteiger partial charge in [0.05, 0.1) is 11.5 Å². The number of esters is 4. The van der Waals surface area contributed by atoms with Crippen molar-refractivity contribution in [3.05, 3.63) is 5.21 Å². The lowest BCUT2D eigenvalue weighted by molar-refractivity contribution is -0.753. The van der Waals surface area contributed by atoms with Crippen LogP contribution in [0.2, 0.25) is 0 Å². The molecule has 0 aliphatic carbocycles. The van der Waals surface area contributed by atoms with E-state index >= 15 is 0 Å². The van der Waals surface area contributed by atoms with E-state index in [9.17, 15) is 24.4 Å². The van der Waals surface area contributed by atoms with Crippen molar-refractivity contribution < 1.29 is 52.6 Å². The molecule has 1 fully saturated rings. The quantitative estimate of drug-likeness (QED) is 0.312. The van der Waals surface area contributed by atoms with E-state index < -0.39 is 60.1 Å². The second-order valence-electron chi connectivity index (χ2n) is 5.99. The normalized spacial score (nSPS) is 28.6. The Labute approximate surface area is 159 Å². The third-order valence-corrected chi connectivity index (χ3v) is 3.90. The first-order chi connectivity index (χ1) is 13.1. The van der Waals surface area contributed by atoms with Gasteiger partial charge in [0.25, 0.3) is 0 Å². The topological polar surface area (TPSA) is 150 Å². The predicted molar refractivity (Wildman–Crippen MR) is 86.2 cm³/mol. The first kappa shape index (κ1) is 21.4. The summed E-state index contributed by atoms with van der Waals surface area (Å²) in [5.41, 5.74) is -0.499. The molecule has 0 aromatic heterocycles. The van der Waals surface area contributed by atoms with Crippen molar-refractivity contribution >= 4 is 29.6 Å². The van der Waals surface area contributed by atoms with Gasteiger partial charge in [-0.3, -0.25) is 19.6 Å². The van der Waals surface area contributed by atoms with Crippen LogP contribution < -0.4 is 0 Å². The van der Waals surface area contributed by atoms with Gasteiger partial charge in [-0.1, -0.05) is 0 Å². The Morgan fingerprint density at radius 1 is 1.00 bits per heavy atom. The minimum atomic E-state index is -1.35. The van der Waals surface area contributed by atoms with Crippen LogP contribution in [0.25, 0.3) is 0 Å². The van der Waals surface area contributed by atoms with E-state index in [2.05, 4.69) is 0 Å². The molecule has 0 bridgehead atoms. The van der Waals surface area contributed by atoms with Crippen molar-refractivity contribution in [3.8, 4) is 0 Å². The molecule has 2 aliphatic rings. The van der Waals surface area contributed by atoms with Gasteiger partial charge < -0.3 is 28.5 Å². The van der Waals surface area contributed by atoms with Gasteiger partial charge in [-0.05, 0) is 6.92 Å². The van der Waals surface area contributed by atoms with Gasteiger partial charge in [-0.2, -0.15) is 0 Å². The lowest BCUT2D eigenvalue weighted by Crippen LogP contribution is -2.60. The molecule has 0 aromatic carbocycles. The SMILES string of the molecule is CCOC(=O)C1=[N+]([O-])O[C@H]2O[C@H](COC(C)=O)[C@H](OC(C)=O)[C@H](OC(C)=O)[C@@H]12. The van der Waals surface area contributed by atoms with E-state index in [0.29, 0.717) is 0 Å². The lowest BCUT2D eigenvalue weighted by Gasteiger charge is -2.41. The van der Waals surface area contributed by atoms with Crippen molar-refractivity contribution in [1.29, 1.82) is 0 Å². The van der Waals surface area contributed by atoms with Crippen LogP contribution in [-0.4, -0.2) is 72.3 Å². The van der Waals surface area contributed by atoms with Crippen LogP contribution in [0.1, 0.15) is 27.7 Å². The van der Waals surface area contributed by atoms with Crippen LogP contribution in [0.5, 0.6) is 0 Å². The third kappa shape index (κ3) is 4.68. The van der Waals surface area contributed by atoms with Crippen molar-refractivity contribution in [2.75, 3.05) is 13.2 Å². The Morgan fingerprint density at radius 3 is 2.14 bits per heavy atom. The summed E-state index contributed by atoms with van der Waals surface area (Å²) in [6.07, 6.45) is -5.07. The number of hydrogen-bond donors (Lipinski definition) is 0. The number of nitrogens with zero attached hydrogens (tertiary/aromatic N) is 1. The van der Waals surface area contributed by atoms with Crippen molar-refractivity contribution in [2.45, 2.75) is 52.3 Å². The largest absolute Gasteiger partial charge is 0.463 e. The van der Waals surface area contributed by atoms with E-state index in [1.807, 2.05) is 0 Å². The molecule has 0 radical (unpaired) electrons. The molecule has 0 spiro atoms. The summed E-state index contributed by atoms with van der Waals surface area (Å²) >= 11 is 0. The highest BCUT2D eigenvalue weighted by Crippen LogP contribution is 2.36. The Bertz CT molecular complexity index is 688. The number of ether oxygens (including phenoxy) is 5. The zero-order chi connectivity index (χ0) is 21.0. The molecular weight excluding hydrogens is 382 g/mol. The molecule has 5 atom stereocenters. The molecule has 28 heavy (non-hydrogen) atoms. The van der Waals surface area contributed by atoms with Gasteiger partial charge in [0.1, 0.15) is 18.6 Å². The Morgan fingerprint density at radius 2 is 1.61 bits per heavy atom. The Hall–Kier alpha value is -2.89. The average Bonchev–Trinajstić information content (AvgIpc) is 2.90. The zero-order valence-corrected chi connectivity index (χ0v) is 15.7. The van der Waals surface area contributed by atoms with Crippen LogP contribution in [0.15, 0.2) is 0 Å². The molecule has 2 rings (SSSR count). The van der Waals surface area contributed by atoms with E-state index in [1.165, 1.54) is 0 Å². The Balaban J connectivity index is 2.42. The van der Waals surface area contributed by atoms with E-state index in [-0.39, 0.29) is 18.1 Å². The highest BCUT2D eigenvalue weighted by molar-refractivity contribution is 6.35. The third-order valence-electron chi connectivity index (χ3n) is 3.90. The molecule has 0 N–H and O–H groups in total. The highest BCUT2D eigenvalue weighted by atomic mass is 16.9. The molecule has 0 amide bonds. The van der Waals surface area contributed by atoms with Gasteiger partial charge in [0.15, 0.2) is 18.5 Å². The standard InChI is InChI=1S/C16H21NO11/c1-5-23-15(21)12-11-14(26-9(4)20)13(25-8(3)19)10(6-24-7(2)18)27-16(11)28-17(12)22/h10-11,13-14,16H,5-6H2,1-4H3/t10-,11-,13+,14-,16-/m1/s1. The van der Waals surface area contributed by atoms with Crippen LogP contribution in [0, 0.1) is 11.1 Å². The van der Waals surface area contributed by atoms with Crippen LogP contribution in [0.4, 0.5) is 0 Å². The second-order valence-corrected chi connectivity index (χ2v) is 5.99. The van der Waals surface area contributed by atoms with Crippen LogP contribution in [-0.2, 0) is 47.7 Å². The average molecular weight is 403 g/mol. The van der Waals surface area contributed by atoms with E-state index in [1.54, 1.807) is 6.92 Å². The van der Waals surface area contributed by atoms with Crippen molar-refractivity contribution in [1.82, 2.24) is 0 Å². The van der Waals surface area contributed by atoms with E-state index in [0.717, 1.165) is 20.8 Å². The summed E-state index contributed by atoms with van der Waals surface area (Å²) in [5, 5.41) is 12.1. The molecule has 2 aliphatic heterocycles. The fourth-order valence-corrected chi connectivity index (χ4v) is 2.97. The smallest absolute Gasteiger partial charge is 0.405 e. The molecule has 12 nitrogen and oxygen atoms in total. The predicted octanol–water partition coefficient (Wildman–Crippen LogP) is -0.786. The number of carbonyl (C=O) groups excluding carboxylic acids is 4. The maximum Gasteiger partial charge on any atom is 0.405 e. The Kier molecular flexibility index (Phi) is 6.78. The maximum absolute atomic E-state index is 12.2. The second kappa shape index (κ2) is 8.87. The highest BCUT2D eigenvalue weighted by Gasteiger charge is 2.60. The molecular formula is C16H21NO11.